The standard InChI is InChI=1S/C32H21BrF4N8O2.2ClH/c33-27-9-8-26-30-24(27)2-1-3-25(30)31(46)45(32(26)47)44(16-22-14-42(40-38-22)12-18-4-6-20(34)10-28(18)36)17-23-15-43(41-39-23)13-19-5-7-21(35)11-29(19)37;;/h1-11,14-15H,12-13,16-17H2;2*1H. The SMILES string of the molecule is Cl.Cl.O=C1c2cccc3c(Br)ccc(c23)C(=O)N1N(Cc1cn(Cc2ccc(F)cc2F)nn1)Cc1cn(Cc2ccc(F)cc2F)nn1. The van der Waals surface area contributed by atoms with Gasteiger partial charge in [-0.05, 0) is 35.7 Å². The summed E-state index contributed by atoms with van der Waals surface area (Å²) in [5, 5.41) is 20.1. The van der Waals surface area contributed by atoms with Gasteiger partial charge < -0.3 is 0 Å². The first-order valence-corrected chi connectivity index (χ1v) is 14.9. The number of hydrogen-bond donors (Lipinski definition) is 0. The van der Waals surface area contributed by atoms with Gasteiger partial charge in [-0.2, -0.15) is 5.01 Å². The maximum absolute atomic E-state index is 14.3. The van der Waals surface area contributed by atoms with Gasteiger partial charge in [0.05, 0.1) is 61.1 Å². The highest BCUT2D eigenvalue weighted by molar-refractivity contribution is 9.10. The fraction of sp³-hybridized carbons (Fsp3) is 0.125. The summed E-state index contributed by atoms with van der Waals surface area (Å²) in [7, 11) is 0. The maximum atomic E-state index is 14.3. The molecular weight excluding hydrogens is 755 g/mol. The summed E-state index contributed by atoms with van der Waals surface area (Å²) in [5.74, 6) is -4.05. The molecule has 1 aliphatic heterocycles. The van der Waals surface area contributed by atoms with Crippen LogP contribution in [0.1, 0.15) is 43.2 Å². The lowest BCUT2D eigenvalue weighted by Crippen LogP contribution is -2.51. The second-order valence-electron chi connectivity index (χ2n) is 10.9. The number of halogens is 7. The molecule has 2 aromatic heterocycles. The van der Waals surface area contributed by atoms with Crippen LogP contribution in [0, 0.1) is 23.3 Å². The van der Waals surface area contributed by atoms with Crippen LogP contribution >= 0.6 is 40.7 Å². The largest absolute Gasteiger partial charge is 0.276 e. The second-order valence-corrected chi connectivity index (χ2v) is 11.7. The number of carbonyl (C=O) groups is 2. The van der Waals surface area contributed by atoms with Crippen molar-refractivity contribution in [3.8, 4) is 0 Å². The highest BCUT2D eigenvalue weighted by atomic mass is 79.9. The first-order chi connectivity index (χ1) is 22.6. The molecule has 252 valence electrons. The third-order valence-corrected chi connectivity index (χ3v) is 8.36. The molecule has 49 heavy (non-hydrogen) atoms. The number of aromatic nitrogens is 6. The Hall–Kier alpha value is -4.70. The number of nitrogens with zero attached hydrogens (tertiary/aromatic N) is 8. The lowest BCUT2D eigenvalue weighted by Gasteiger charge is -2.35. The van der Waals surface area contributed by atoms with E-state index in [9.17, 15) is 27.2 Å². The van der Waals surface area contributed by atoms with Gasteiger partial charge in [0, 0.05) is 33.1 Å². The zero-order chi connectivity index (χ0) is 32.8. The van der Waals surface area contributed by atoms with Gasteiger partial charge in [-0.3, -0.25) is 9.59 Å². The summed E-state index contributed by atoms with van der Waals surface area (Å²) in [6.07, 6.45) is 3.04. The van der Waals surface area contributed by atoms with E-state index in [4.69, 9.17) is 0 Å². The highest BCUT2D eigenvalue weighted by Gasteiger charge is 2.38. The molecule has 1 aliphatic rings. The molecule has 0 N–H and O–H groups in total. The number of carbonyl (C=O) groups excluding carboxylic acids is 2. The van der Waals surface area contributed by atoms with E-state index in [1.807, 2.05) is 6.07 Å². The molecule has 10 nitrogen and oxygen atoms in total. The van der Waals surface area contributed by atoms with Crippen molar-refractivity contribution >= 4 is 63.3 Å². The summed E-state index contributed by atoms with van der Waals surface area (Å²) < 4.78 is 58.8. The van der Waals surface area contributed by atoms with Crippen LogP contribution in [0.2, 0.25) is 0 Å². The third-order valence-electron chi connectivity index (χ3n) is 7.67. The third kappa shape index (κ3) is 7.06. The van der Waals surface area contributed by atoms with E-state index in [1.54, 1.807) is 24.3 Å². The van der Waals surface area contributed by atoms with E-state index in [0.29, 0.717) is 33.3 Å². The van der Waals surface area contributed by atoms with E-state index in [1.165, 1.54) is 38.9 Å². The van der Waals surface area contributed by atoms with Crippen molar-refractivity contribution in [1.29, 1.82) is 0 Å². The Labute approximate surface area is 296 Å². The van der Waals surface area contributed by atoms with Crippen molar-refractivity contribution in [2.75, 3.05) is 0 Å². The van der Waals surface area contributed by atoms with Gasteiger partial charge in [0.1, 0.15) is 23.3 Å². The summed E-state index contributed by atoms with van der Waals surface area (Å²) in [4.78, 5) is 28.0. The smallest absolute Gasteiger partial charge is 0.267 e. The van der Waals surface area contributed by atoms with Crippen LogP contribution in [-0.4, -0.2) is 51.8 Å². The van der Waals surface area contributed by atoms with E-state index >= 15 is 0 Å². The van der Waals surface area contributed by atoms with Crippen LogP contribution in [0.25, 0.3) is 10.8 Å². The van der Waals surface area contributed by atoms with Crippen LogP contribution in [0.4, 0.5) is 17.6 Å². The fourth-order valence-electron chi connectivity index (χ4n) is 5.50. The normalized spacial score (nSPS) is 12.4. The Morgan fingerprint density at radius 3 is 1.69 bits per heavy atom. The second kappa shape index (κ2) is 14.4. The molecule has 0 saturated heterocycles. The molecule has 6 aromatic rings. The molecule has 0 fully saturated rings. The number of benzene rings is 4. The van der Waals surface area contributed by atoms with Crippen molar-refractivity contribution in [3.05, 3.63) is 141 Å². The average Bonchev–Trinajstić information content (AvgIpc) is 3.68. The molecule has 0 saturated carbocycles. The predicted octanol–water partition coefficient (Wildman–Crippen LogP) is 6.50. The molecule has 4 aromatic carbocycles. The van der Waals surface area contributed by atoms with Gasteiger partial charge in [-0.15, -0.1) is 35.0 Å². The van der Waals surface area contributed by atoms with Gasteiger partial charge in [0.25, 0.3) is 11.8 Å². The fourth-order valence-corrected chi connectivity index (χ4v) is 5.96. The molecule has 0 radical (unpaired) electrons. The van der Waals surface area contributed by atoms with Crippen LogP contribution in [0.15, 0.2) is 83.6 Å². The molecule has 0 aliphatic carbocycles. The minimum atomic E-state index is -0.740. The summed E-state index contributed by atoms with van der Waals surface area (Å²) >= 11 is 3.49. The Balaban J connectivity index is 0.00000234. The predicted molar refractivity (Wildman–Crippen MR) is 177 cm³/mol. The van der Waals surface area contributed by atoms with E-state index < -0.39 is 35.1 Å². The minimum Gasteiger partial charge on any atom is -0.267 e. The van der Waals surface area contributed by atoms with Crippen molar-refractivity contribution in [1.82, 2.24) is 40.0 Å². The average molecular weight is 778 g/mol. The number of amides is 2. The molecule has 17 heteroatoms. The number of hydrazine groups is 1. The maximum Gasteiger partial charge on any atom is 0.276 e. The molecule has 2 amide bonds. The van der Waals surface area contributed by atoms with E-state index in [0.717, 1.165) is 33.7 Å². The Morgan fingerprint density at radius 1 is 0.673 bits per heavy atom. The summed E-state index contributed by atoms with van der Waals surface area (Å²) in [6.45, 7) is -0.298. The van der Waals surface area contributed by atoms with Gasteiger partial charge >= 0.3 is 0 Å². The molecule has 0 atom stereocenters. The first kappa shape index (κ1) is 35.6. The Morgan fingerprint density at radius 2 is 1.18 bits per heavy atom. The molecular formula is C32H23BrCl2F4N8O2. The lowest BCUT2D eigenvalue weighted by molar-refractivity contribution is -0.0130. The van der Waals surface area contributed by atoms with E-state index in [2.05, 4.69) is 36.6 Å². The lowest BCUT2D eigenvalue weighted by atomic mass is 9.95. The van der Waals surface area contributed by atoms with Crippen LogP contribution < -0.4 is 0 Å². The van der Waals surface area contributed by atoms with Crippen LogP contribution in [0.5, 0.6) is 0 Å². The Kier molecular flexibility index (Phi) is 10.5. The summed E-state index contributed by atoms with van der Waals surface area (Å²) in [5.41, 5.74) is 1.66. The molecule has 0 unspecified atom stereocenters. The van der Waals surface area contributed by atoms with Crippen molar-refractivity contribution in [2.45, 2.75) is 26.2 Å². The monoisotopic (exact) mass is 776 g/mol. The number of hydrogen-bond acceptors (Lipinski definition) is 7. The van der Waals surface area contributed by atoms with Gasteiger partial charge in [0.2, 0.25) is 0 Å². The Bertz CT molecular complexity index is 2100. The molecule has 3 heterocycles. The molecule has 0 spiro atoms. The highest BCUT2D eigenvalue weighted by Crippen LogP contribution is 2.35. The number of rotatable bonds is 9. The van der Waals surface area contributed by atoms with Crippen molar-refractivity contribution in [2.24, 2.45) is 0 Å². The van der Waals surface area contributed by atoms with Crippen LogP contribution in [-0.2, 0) is 26.2 Å². The summed E-state index contributed by atoms with van der Waals surface area (Å²) in [6, 6.07) is 15.0. The zero-order valence-electron chi connectivity index (χ0n) is 24.9. The van der Waals surface area contributed by atoms with Gasteiger partial charge in [0.15, 0.2) is 0 Å². The van der Waals surface area contributed by atoms with Crippen LogP contribution in [0.3, 0.4) is 0 Å². The zero-order valence-corrected chi connectivity index (χ0v) is 28.2. The van der Waals surface area contributed by atoms with Crippen molar-refractivity contribution in [3.63, 3.8) is 0 Å². The number of imide groups is 1. The van der Waals surface area contributed by atoms with Gasteiger partial charge in [-0.25, -0.2) is 31.9 Å². The topological polar surface area (TPSA) is 102 Å². The quantitative estimate of drug-likeness (QED) is 0.122. The molecule has 0 bridgehead atoms. The molecule has 7 rings (SSSR count). The first-order valence-electron chi connectivity index (χ1n) is 14.2. The van der Waals surface area contributed by atoms with Crippen molar-refractivity contribution < 1.29 is 27.2 Å². The van der Waals surface area contributed by atoms with Gasteiger partial charge in [-0.1, -0.05) is 50.6 Å². The minimum absolute atomic E-state index is 0. The van der Waals surface area contributed by atoms with E-state index in [-0.39, 0.29) is 62.1 Å².